The largest absolute Gasteiger partial charge is 0.326 e. The molecule has 2 nitrogen and oxygen atoms in total. The fourth-order valence-electron chi connectivity index (χ4n) is 1.85. The summed E-state index contributed by atoms with van der Waals surface area (Å²) in [6, 6.07) is 12.0. The first-order chi connectivity index (χ1) is 9.60. The maximum Gasteiger partial charge on any atom is 0.127 e. The van der Waals surface area contributed by atoms with Gasteiger partial charge in [-0.1, -0.05) is 41.9 Å². The maximum absolute atomic E-state index is 13.8. The van der Waals surface area contributed by atoms with Crippen LogP contribution in [0.15, 0.2) is 42.5 Å². The van der Waals surface area contributed by atoms with Crippen LogP contribution in [0, 0.1) is 5.82 Å². The molecule has 1 unspecified atom stereocenters. The highest BCUT2D eigenvalue weighted by atomic mass is 35.5. The first kappa shape index (κ1) is 15.2. The van der Waals surface area contributed by atoms with Crippen molar-refractivity contribution in [2.24, 2.45) is 5.73 Å². The Balaban J connectivity index is 2.07. The van der Waals surface area contributed by atoms with Gasteiger partial charge in [-0.05, 0) is 23.3 Å². The lowest BCUT2D eigenvalue weighted by Gasteiger charge is -2.07. The number of benzene rings is 2. The Hall–Kier alpha value is -1.23. The molecule has 0 aliphatic carbocycles. The van der Waals surface area contributed by atoms with Crippen LogP contribution in [0.25, 0.3) is 0 Å². The van der Waals surface area contributed by atoms with Crippen LogP contribution in [0.3, 0.4) is 0 Å². The van der Waals surface area contributed by atoms with E-state index in [1.54, 1.807) is 18.2 Å². The van der Waals surface area contributed by atoms with Gasteiger partial charge in [0.1, 0.15) is 5.82 Å². The van der Waals surface area contributed by atoms with Crippen LogP contribution in [0.1, 0.15) is 16.7 Å². The van der Waals surface area contributed by atoms with Crippen LogP contribution in [0.2, 0.25) is 5.02 Å². The SMILES string of the molecule is NCc1ccc(CS(=O)Cc2ccccc2Cl)c(F)c1. The number of hydrogen-bond donors (Lipinski definition) is 1. The third-order valence-electron chi connectivity index (χ3n) is 2.94. The minimum absolute atomic E-state index is 0.169. The van der Waals surface area contributed by atoms with E-state index in [4.69, 9.17) is 17.3 Å². The predicted octanol–water partition coefficient (Wildman–Crippen LogP) is 3.39. The summed E-state index contributed by atoms with van der Waals surface area (Å²) < 4.78 is 25.9. The minimum Gasteiger partial charge on any atom is -0.326 e. The van der Waals surface area contributed by atoms with Crippen molar-refractivity contribution in [2.45, 2.75) is 18.1 Å². The number of nitrogens with two attached hydrogens (primary N) is 1. The van der Waals surface area contributed by atoms with Crippen molar-refractivity contribution in [2.75, 3.05) is 0 Å². The van der Waals surface area contributed by atoms with Crippen molar-refractivity contribution in [3.05, 3.63) is 70.0 Å². The molecule has 106 valence electrons. The van der Waals surface area contributed by atoms with Gasteiger partial charge in [0, 0.05) is 27.9 Å². The molecule has 0 aliphatic heterocycles. The molecule has 5 heteroatoms. The lowest BCUT2D eigenvalue weighted by atomic mass is 10.1. The number of rotatable bonds is 5. The van der Waals surface area contributed by atoms with E-state index in [0.717, 1.165) is 11.1 Å². The standard InChI is InChI=1S/C15H15ClFNOS/c16-14-4-2-1-3-12(14)9-20(19)10-13-6-5-11(8-18)7-15(13)17/h1-7H,8-10,18H2. The molecular formula is C15H15ClFNOS. The summed E-state index contributed by atoms with van der Waals surface area (Å²) in [6.45, 7) is 0.292. The molecule has 1 atom stereocenters. The lowest BCUT2D eigenvalue weighted by Crippen LogP contribution is -2.04. The van der Waals surface area contributed by atoms with Crippen LogP contribution < -0.4 is 5.73 Å². The van der Waals surface area contributed by atoms with Crippen LogP contribution >= 0.6 is 11.6 Å². The maximum atomic E-state index is 13.8. The van der Waals surface area contributed by atoms with E-state index in [1.165, 1.54) is 6.07 Å². The molecule has 0 heterocycles. The molecule has 0 saturated heterocycles. The van der Waals surface area contributed by atoms with Gasteiger partial charge in [0.15, 0.2) is 0 Å². The lowest BCUT2D eigenvalue weighted by molar-refractivity contribution is 0.613. The summed E-state index contributed by atoms with van der Waals surface area (Å²) in [4.78, 5) is 0. The summed E-state index contributed by atoms with van der Waals surface area (Å²) in [7, 11) is -1.21. The zero-order chi connectivity index (χ0) is 14.5. The molecule has 0 aromatic heterocycles. The molecule has 2 rings (SSSR count). The quantitative estimate of drug-likeness (QED) is 0.920. The van der Waals surface area contributed by atoms with Gasteiger partial charge in [-0.3, -0.25) is 4.21 Å². The van der Waals surface area contributed by atoms with Gasteiger partial charge in [-0.15, -0.1) is 0 Å². The number of hydrogen-bond acceptors (Lipinski definition) is 2. The van der Waals surface area contributed by atoms with Crippen LogP contribution in [-0.4, -0.2) is 4.21 Å². The van der Waals surface area contributed by atoms with Crippen molar-refractivity contribution in [3.8, 4) is 0 Å². The van der Waals surface area contributed by atoms with Crippen molar-refractivity contribution in [1.82, 2.24) is 0 Å². The van der Waals surface area contributed by atoms with E-state index in [2.05, 4.69) is 0 Å². The van der Waals surface area contributed by atoms with E-state index in [1.807, 2.05) is 18.2 Å². The molecule has 2 aromatic carbocycles. The molecule has 0 radical (unpaired) electrons. The Morgan fingerprint density at radius 3 is 2.45 bits per heavy atom. The average Bonchev–Trinajstić information content (AvgIpc) is 2.43. The predicted molar refractivity (Wildman–Crippen MR) is 81.3 cm³/mol. The Morgan fingerprint density at radius 1 is 1.10 bits per heavy atom. The Kier molecular flexibility index (Phi) is 5.29. The zero-order valence-electron chi connectivity index (χ0n) is 10.8. The van der Waals surface area contributed by atoms with Gasteiger partial charge >= 0.3 is 0 Å². The van der Waals surface area contributed by atoms with E-state index in [-0.39, 0.29) is 11.6 Å². The summed E-state index contributed by atoms with van der Waals surface area (Å²) >= 11 is 6.02. The Bertz CT molecular complexity index is 633. The van der Waals surface area contributed by atoms with E-state index < -0.39 is 10.8 Å². The minimum atomic E-state index is -1.21. The summed E-state index contributed by atoms with van der Waals surface area (Å²) in [5, 5.41) is 0.583. The van der Waals surface area contributed by atoms with E-state index in [0.29, 0.717) is 22.9 Å². The first-order valence-corrected chi connectivity index (χ1v) is 8.02. The first-order valence-electron chi connectivity index (χ1n) is 6.16. The normalized spacial score (nSPS) is 12.3. The third-order valence-corrected chi connectivity index (χ3v) is 4.58. The van der Waals surface area contributed by atoms with Gasteiger partial charge in [0.05, 0.1) is 11.5 Å². The average molecular weight is 312 g/mol. The second-order valence-electron chi connectivity index (χ2n) is 4.45. The highest BCUT2D eigenvalue weighted by Gasteiger charge is 2.10. The molecule has 2 aromatic rings. The second kappa shape index (κ2) is 6.97. The zero-order valence-corrected chi connectivity index (χ0v) is 12.4. The van der Waals surface area contributed by atoms with Crippen molar-refractivity contribution < 1.29 is 8.60 Å². The van der Waals surface area contributed by atoms with Crippen LogP contribution in [0.4, 0.5) is 4.39 Å². The molecule has 0 bridgehead atoms. The smallest absolute Gasteiger partial charge is 0.127 e. The highest BCUT2D eigenvalue weighted by molar-refractivity contribution is 7.83. The molecule has 0 spiro atoms. The number of halogens is 2. The van der Waals surface area contributed by atoms with Gasteiger partial charge in [-0.2, -0.15) is 0 Å². The topological polar surface area (TPSA) is 43.1 Å². The van der Waals surface area contributed by atoms with Gasteiger partial charge in [0.25, 0.3) is 0 Å². The monoisotopic (exact) mass is 311 g/mol. The third kappa shape index (κ3) is 3.88. The van der Waals surface area contributed by atoms with Crippen molar-refractivity contribution >= 4 is 22.4 Å². The van der Waals surface area contributed by atoms with Crippen LogP contribution in [-0.2, 0) is 28.9 Å². The molecule has 2 N–H and O–H groups in total. The summed E-state index contributed by atoms with van der Waals surface area (Å²) in [5.74, 6) is 0.125. The van der Waals surface area contributed by atoms with Crippen molar-refractivity contribution in [1.29, 1.82) is 0 Å². The second-order valence-corrected chi connectivity index (χ2v) is 6.31. The Labute approximate surface area is 125 Å². The van der Waals surface area contributed by atoms with E-state index >= 15 is 0 Å². The summed E-state index contributed by atoms with van der Waals surface area (Å²) in [6.07, 6.45) is 0. The summed E-state index contributed by atoms with van der Waals surface area (Å²) in [5.41, 5.74) is 7.42. The highest BCUT2D eigenvalue weighted by Crippen LogP contribution is 2.19. The fraction of sp³-hybridized carbons (Fsp3) is 0.200. The molecule has 20 heavy (non-hydrogen) atoms. The van der Waals surface area contributed by atoms with Gasteiger partial charge < -0.3 is 5.73 Å². The Morgan fingerprint density at radius 2 is 1.80 bits per heavy atom. The van der Waals surface area contributed by atoms with Crippen LogP contribution in [0.5, 0.6) is 0 Å². The fourth-order valence-corrected chi connectivity index (χ4v) is 3.41. The molecule has 0 amide bonds. The molecular weight excluding hydrogens is 297 g/mol. The molecule has 0 fully saturated rings. The van der Waals surface area contributed by atoms with Crippen molar-refractivity contribution in [3.63, 3.8) is 0 Å². The van der Waals surface area contributed by atoms with Gasteiger partial charge in [-0.25, -0.2) is 4.39 Å². The van der Waals surface area contributed by atoms with Gasteiger partial charge in [0.2, 0.25) is 0 Å². The molecule has 0 aliphatic rings. The molecule has 0 saturated carbocycles. The van der Waals surface area contributed by atoms with E-state index in [9.17, 15) is 8.60 Å².